The summed E-state index contributed by atoms with van der Waals surface area (Å²) in [6.07, 6.45) is 5.93. The van der Waals surface area contributed by atoms with Gasteiger partial charge in [-0.3, -0.25) is 4.79 Å². The molecule has 1 N–H and O–H groups in total. The minimum atomic E-state index is -0.819. The molecule has 116 valence electrons. The maximum absolute atomic E-state index is 13.4. The average Bonchev–Trinajstić information content (AvgIpc) is 2.72. The number of amides is 1. The molecule has 0 spiro atoms. The summed E-state index contributed by atoms with van der Waals surface area (Å²) in [5.74, 6) is -1.98. The van der Waals surface area contributed by atoms with E-state index in [-0.39, 0.29) is 5.56 Å². The van der Waals surface area contributed by atoms with Crippen LogP contribution in [0.4, 0.5) is 8.78 Å². The number of nitrogens with zero attached hydrogens (tertiary/aromatic N) is 1. The fourth-order valence-electron chi connectivity index (χ4n) is 2.63. The lowest BCUT2D eigenvalue weighted by Crippen LogP contribution is -2.31. The molecule has 1 aliphatic rings. The van der Waals surface area contributed by atoms with Crippen LogP contribution in [0.25, 0.3) is 0 Å². The summed E-state index contributed by atoms with van der Waals surface area (Å²) in [5.41, 5.74) is -0.105. The Balaban J connectivity index is 1.71. The fourth-order valence-corrected chi connectivity index (χ4v) is 2.63. The van der Waals surface area contributed by atoms with Gasteiger partial charge in [-0.2, -0.15) is 0 Å². The van der Waals surface area contributed by atoms with Crippen LogP contribution in [0.5, 0.6) is 0 Å². The molecule has 0 atom stereocenters. The van der Waals surface area contributed by atoms with Crippen LogP contribution in [0.15, 0.2) is 18.2 Å². The molecule has 0 aromatic heterocycles. The second-order valence-corrected chi connectivity index (χ2v) is 5.49. The molecule has 0 bridgehead atoms. The Labute approximate surface area is 124 Å². The van der Waals surface area contributed by atoms with Crippen LogP contribution < -0.4 is 5.32 Å². The number of likely N-dealkylation sites (tertiary alicyclic amines) is 1. The number of carbonyl (C=O) groups excluding carboxylic acids is 1. The molecule has 0 saturated carbocycles. The first-order valence-electron chi connectivity index (χ1n) is 7.62. The van der Waals surface area contributed by atoms with Crippen LogP contribution in [0.3, 0.4) is 0 Å². The maximum Gasteiger partial charge on any atom is 0.254 e. The average molecular weight is 296 g/mol. The zero-order valence-corrected chi connectivity index (χ0v) is 12.2. The molecule has 0 aliphatic carbocycles. The summed E-state index contributed by atoms with van der Waals surface area (Å²) in [6, 6.07) is 3.00. The van der Waals surface area contributed by atoms with Gasteiger partial charge in [-0.05, 0) is 51.0 Å². The van der Waals surface area contributed by atoms with E-state index in [0.29, 0.717) is 6.54 Å². The van der Waals surface area contributed by atoms with E-state index in [1.165, 1.54) is 31.7 Å². The molecule has 3 nitrogen and oxygen atoms in total. The highest BCUT2D eigenvalue weighted by atomic mass is 19.1. The summed E-state index contributed by atoms with van der Waals surface area (Å²) in [4.78, 5) is 14.2. The predicted molar refractivity (Wildman–Crippen MR) is 78.2 cm³/mol. The van der Waals surface area contributed by atoms with E-state index in [0.717, 1.165) is 38.2 Å². The summed E-state index contributed by atoms with van der Waals surface area (Å²) >= 11 is 0. The number of benzene rings is 1. The second kappa shape index (κ2) is 8.08. The first-order chi connectivity index (χ1) is 10.2. The highest BCUT2D eigenvalue weighted by molar-refractivity contribution is 5.94. The van der Waals surface area contributed by atoms with E-state index < -0.39 is 17.5 Å². The Morgan fingerprint density at radius 1 is 1.14 bits per heavy atom. The molecule has 1 aliphatic heterocycles. The van der Waals surface area contributed by atoms with E-state index in [1.54, 1.807) is 0 Å². The molecular formula is C16H22F2N2O. The lowest BCUT2D eigenvalue weighted by Gasteiger charge is -2.19. The van der Waals surface area contributed by atoms with Gasteiger partial charge >= 0.3 is 0 Å². The molecule has 1 fully saturated rings. The van der Waals surface area contributed by atoms with Crippen LogP contribution in [0.2, 0.25) is 0 Å². The van der Waals surface area contributed by atoms with Crippen LogP contribution >= 0.6 is 0 Å². The van der Waals surface area contributed by atoms with Gasteiger partial charge in [0.05, 0.1) is 5.56 Å². The van der Waals surface area contributed by atoms with Gasteiger partial charge in [-0.1, -0.05) is 12.8 Å². The lowest BCUT2D eigenvalue weighted by molar-refractivity contribution is 0.0947. The van der Waals surface area contributed by atoms with E-state index in [1.807, 2.05) is 0 Å². The molecule has 1 aromatic rings. The van der Waals surface area contributed by atoms with Crippen molar-refractivity contribution in [2.75, 3.05) is 26.2 Å². The van der Waals surface area contributed by atoms with Crippen molar-refractivity contribution in [2.45, 2.75) is 32.1 Å². The van der Waals surface area contributed by atoms with E-state index >= 15 is 0 Å². The van der Waals surface area contributed by atoms with Crippen molar-refractivity contribution >= 4 is 5.91 Å². The van der Waals surface area contributed by atoms with Gasteiger partial charge in [0.1, 0.15) is 11.6 Å². The number of rotatable bonds is 5. The largest absolute Gasteiger partial charge is 0.352 e. The van der Waals surface area contributed by atoms with Crippen molar-refractivity contribution < 1.29 is 13.6 Å². The SMILES string of the molecule is O=C(NCCCN1CCCCCC1)c1ccc(F)cc1F. The third kappa shape index (κ3) is 5.08. The molecule has 5 heteroatoms. The topological polar surface area (TPSA) is 32.3 Å². The van der Waals surface area contributed by atoms with Gasteiger partial charge in [0, 0.05) is 12.6 Å². The molecular weight excluding hydrogens is 274 g/mol. The first kappa shape index (κ1) is 15.9. The standard InChI is InChI=1S/C16H22F2N2O/c17-13-6-7-14(15(18)12-13)16(21)19-8-5-11-20-9-3-1-2-4-10-20/h6-7,12H,1-5,8-11H2,(H,19,21). The van der Waals surface area contributed by atoms with Gasteiger partial charge in [0.2, 0.25) is 0 Å². The monoisotopic (exact) mass is 296 g/mol. The van der Waals surface area contributed by atoms with E-state index in [2.05, 4.69) is 10.2 Å². The maximum atomic E-state index is 13.4. The van der Waals surface area contributed by atoms with Crippen molar-refractivity contribution in [1.29, 1.82) is 0 Å². The molecule has 21 heavy (non-hydrogen) atoms. The molecule has 1 amide bonds. The highest BCUT2D eigenvalue weighted by Gasteiger charge is 2.12. The molecule has 1 heterocycles. The minimum absolute atomic E-state index is 0.105. The fraction of sp³-hybridized carbons (Fsp3) is 0.562. The van der Waals surface area contributed by atoms with Crippen molar-refractivity contribution in [3.8, 4) is 0 Å². The summed E-state index contributed by atoms with van der Waals surface area (Å²) in [6.45, 7) is 3.71. The van der Waals surface area contributed by atoms with Crippen LogP contribution in [-0.4, -0.2) is 37.0 Å². The Morgan fingerprint density at radius 2 is 1.86 bits per heavy atom. The molecule has 0 unspecified atom stereocenters. The Morgan fingerprint density at radius 3 is 2.52 bits per heavy atom. The molecule has 1 saturated heterocycles. The van der Waals surface area contributed by atoms with Crippen LogP contribution in [0.1, 0.15) is 42.5 Å². The normalized spacial score (nSPS) is 16.5. The Kier molecular flexibility index (Phi) is 6.11. The van der Waals surface area contributed by atoms with Gasteiger partial charge in [-0.15, -0.1) is 0 Å². The predicted octanol–water partition coefficient (Wildman–Crippen LogP) is 2.96. The third-order valence-corrected chi connectivity index (χ3v) is 3.81. The summed E-state index contributed by atoms with van der Waals surface area (Å²) in [7, 11) is 0. The second-order valence-electron chi connectivity index (χ2n) is 5.49. The van der Waals surface area contributed by atoms with E-state index in [9.17, 15) is 13.6 Å². The first-order valence-corrected chi connectivity index (χ1v) is 7.62. The van der Waals surface area contributed by atoms with Crippen molar-refractivity contribution in [3.05, 3.63) is 35.4 Å². The number of nitrogens with one attached hydrogen (secondary N) is 1. The smallest absolute Gasteiger partial charge is 0.254 e. The number of hydrogen-bond acceptors (Lipinski definition) is 2. The zero-order chi connectivity index (χ0) is 15.1. The molecule has 0 radical (unpaired) electrons. The highest BCUT2D eigenvalue weighted by Crippen LogP contribution is 2.10. The van der Waals surface area contributed by atoms with E-state index in [4.69, 9.17) is 0 Å². The quantitative estimate of drug-likeness (QED) is 0.847. The minimum Gasteiger partial charge on any atom is -0.352 e. The molecule has 1 aromatic carbocycles. The number of carbonyl (C=O) groups is 1. The van der Waals surface area contributed by atoms with Gasteiger partial charge < -0.3 is 10.2 Å². The van der Waals surface area contributed by atoms with Crippen LogP contribution in [0, 0.1) is 11.6 Å². The van der Waals surface area contributed by atoms with Gasteiger partial charge in [-0.25, -0.2) is 8.78 Å². The molecule has 2 rings (SSSR count). The Hall–Kier alpha value is -1.49. The van der Waals surface area contributed by atoms with Gasteiger partial charge in [0.25, 0.3) is 5.91 Å². The summed E-state index contributed by atoms with van der Waals surface area (Å²) in [5, 5.41) is 2.69. The third-order valence-electron chi connectivity index (χ3n) is 3.81. The lowest BCUT2D eigenvalue weighted by atomic mass is 10.2. The summed E-state index contributed by atoms with van der Waals surface area (Å²) < 4.78 is 26.2. The van der Waals surface area contributed by atoms with Crippen molar-refractivity contribution in [1.82, 2.24) is 10.2 Å². The van der Waals surface area contributed by atoms with Gasteiger partial charge in [0.15, 0.2) is 0 Å². The number of hydrogen-bond donors (Lipinski definition) is 1. The van der Waals surface area contributed by atoms with Crippen molar-refractivity contribution in [3.63, 3.8) is 0 Å². The van der Waals surface area contributed by atoms with Crippen LogP contribution in [-0.2, 0) is 0 Å². The zero-order valence-electron chi connectivity index (χ0n) is 12.2. The Bertz CT molecular complexity index is 471. The van der Waals surface area contributed by atoms with Crippen molar-refractivity contribution in [2.24, 2.45) is 0 Å². The number of halogens is 2.